The summed E-state index contributed by atoms with van der Waals surface area (Å²) in [5.74, 6) is -0.436. The number of piperidine rings is 1. The summed E-state index contributed by atoms with van der Waals surface area (Å²) in [6.45, 7) is 2.90. The van der Waals surface area contributed by atoms with Gasteiger partial charge in [0.2, 0.25) is 6.41 Å². The Morgan fingerprint density at radius 2 is 2.04 bits per heavy atom. The third-order valence-corrected chi connectivity index (χ3v) is 5.81. The summed E-state index contributed by atoms with van der Waals surface area (Å²) < 4.78 is 13.5. The van der Waals surface area contributed by atoms with Crippen LogP contribution < -0.4 is 5.32 Å². The number of nitrogens with one attached hydrogen (secondary N) is 1. The molecule has 3 nitrogen and oxygen atoms in total. The van der Waals surface area contributed by atoms with Crippen LogP contribution in [0.4, 0.5) is 15.8 Å². The van der Waals surface area contributed by atoms with Crippen LogP contribution in [-0.4, -0.2) is 17.9 Å². The van der Waals surface area contributed by atoms with E-state index in [1.54, 1.807) is 12.1 Å². The van der Waals surface area contributed by atoms with Gasteiger partial charge in [-0.3, -0.25) is 4.79 Å². The van der Waals surface area contributed by atoms with Gasteiger partial charge in [-0.05, 0) is 67.0 Å². The van der Waals surface area contributed by atoms with Crippen LogP contribution in [-0.2, 0) is 4.79 Å². The SMILES string of the molecule is Cc1cccc2c(Nc3ccc(F)c(Cl)c3)ccc(C3CCCCN3C=O)c12. The summed E-state index contributed by atoms with van der Waals surface area (Å²) in [6, 6.07) is 15.1. The van der Waals surface area contributed by atoms with Crippen molar-refractivity contribution in [3.63, 3.8) is 0 Å². The fourth-order valence-corrected chi connectivity index (χ4v) is 4.33. The molecule has 1 fully saturated rings. The van der Waals surface area contributed by atoms with E-state index in [9.17, 15) is 9.18 Å². The number of fused-ring (bicyclic) bond motifs is 1. The van der Waals surface area contributed by atoms with E-state index < -0.39 is 5.82 Å². The average Bonchev–Trinajstić information content (AvgIpc) is 2.71. The zero-order valence-electron chi connectivity index (χ0n) is 15.7. The number of aryl methyl sites for hydroxylation is 1. The summed E-state index contributed by atoms with van der Waals surface area (Å²) in [5, 5.41) is 5.70. The van der Waals surface area contributed by atoms with Gasteiger partial charge in [0.25, 0.3) is 0 Å². The fraction of sp³-hybridized carbons (Fsp3) is 0.261. The quantitative estimate of drug-likeness (QED) is 0.520. The lowest BCUT2D eigenvalue weighted by molar-refractivity contribution is -0.121. The fourth-order valence-electron chi connectivity index (χ4n) is 4.15. The average molecular weight is 397 g/mol. The first-order chi connectivity index (χ1) is 13.6. The van der Waals surface area contributed by atoms with E-state index in [1.807, 2.05) is 17.0 Å². The molecule has 144 valence electrons. The van der Waals surface area contributed by atoms with E-state index in [-0.39, 0.29) is 11.1 Å². The van der Waals surface area contributed by atoms with Crippen molar-refractivity contribution in [3.05, 3.63) is 70.5 Å². The van der Waals surface area contributed by atoms with Crippen LogP contribution in [0.3, 0.4) is 0 Å². The molecule has 4 rings (SSSR count). The highest BCUT2D eigenvalue weighted by atomic mass is 35.5. The first-order valence-corrected chi connectivity index (χ1v) is 9.91. The van der Waals surface area contributed by atoms with Crippen LogP contribution in [0.5, 0.6) is 0 Å². The van der Waals surface area contributed by atoms with Gasteiger partial charge in [0.05, 0.1) is 11.1 Å². The third-order valence-electron chi connectivity index (χ3n) is 5.52. The van der Waals surface area contributed by atoms with Crippen LogP contribution in [0, 0.1) is 12.7 Å². The Balaban J connectivity index is 1.81. The second kappa shape index (κ2) is 7.80. The van der Waals surface area contributed by atoms with Crippen LogP contribution in [0.1, 0.15) is 36.4 Å². The minimum atomic E-state index is -0.436. The number of halogens is 2. The van der Waals surface area contributed by atoms with Crippen LogP contribution in [0.15, 0.2) is 48.5 Å². The van der Waals surface area contributed by atoms with Gasteiger partial charge in [0.1, 0.15) is 5.82 Å². The van der Waals surface area contributed by atoms with Gasteiger partial charge in [-0.2, -0.15) is 0 Å². The number of carbonyl (C=O) groups is 1. The summed E-state index contributed by atoms with van der Waals surface area (Å²) in [5.41, 5.74) is 4.01. The number of rotatable bonds is 4. The van der Waals surface area contributed by atoms with Crippen LogP contribution in [0.2, 0.25) is 5.02 Å². The van der Waals surface area contributed by atoms with Crippen molar-refractivity contribution >= 4 is 40.2 Å². The number of carbonyl (C=O) groups excluding carboxylic acids is 1. The highest BCUT2D eigenvalue weighted by Crippen LogP contribution is 2.39. The predicted molar refractivity (Wildman–Crippen MR) is 113 cm³/mol. The minimum absolute atomic E-state index is 0.0888. The molecule has 0 saturated carbocycles. The molecule has 1 N–H and O–H groups in total. The number of anilines is 2. The van der Waals surface area contributed by atoms with Crippen molar-refractivity contribution in [2.75, 3.05) is 11.9 Å². The molecule has 3 aromatic rings. The van der Waals surface area contributed by atoms with Crippen LogP contribution >= 0.6 is 11.6 Å². The van der Waals surface area contributed by atoms with Gasteiger partial charge in [-0.15, -0.1) is 0 Å². The Morgan fingerprint density at radius 3 is 2.82 bits per heavy atom. The molecule has 0 spiro atoms. The standard InChI is InChI=1S/C23H22ClFN2O/c1-15-5-4-6-17-21(26-16-8-10-20(25)19(24)13-16)11-9-18(23(15)17)22-7-2-3-12-27(22)14-28/h4-6,8-11,13-14,22,26H,2-3,7,12H2,1H3. The summed E-state index contributed by atoms with van der Waals surface area (Å²) >= 11 is 5.93. The van der Waals surface area contributed by atoms with Crippen LogP contribution in [0.25, 0.3) is 10.8 Å². The van der Waals surface area contributed by atoms with Gasteiger partial charge in [-0.25, -0.2) is 4.39 Å². The number of nitrogens with zero attached hydrogens (tertiary/aromatic N) is 1. The summed E-state index contributed by atoms with van der Waals surface area (Å²) in [7, 11) is 0. The molecule has 1 unspecified atom stereocenters. The largest absolute Gasteiger partial charge is 0.355 e. The highest BCUT2D eigenvalue weighted by Gasteiger charge is 2.25. The molecule has 0 bridgehead atoms. The zero-order valence-corrected chi connectivity index (χ0v) is 16.5. The molecule has 1 aliphatic heterocycles. The zero-order chi connectivity index (χ0) is 19.7. The lowest BCUT2D eigenvalue weighted by Crippen LogP contribution is -2.32. The molecule has 3 aromatic carbocycles. The van der Waals surface area contributed by atoms with Crippen molar-refractivity contribution in [2.45, 2.75) is 32.2 Å². The predicted octanol–water partition coefficient (Wildman–Crippen LogP) is 6.37. The first kappa shape index (κ1) is 18.8. The summed E-state index contributed by atoms with van der Waals surface area (Å²) in [4.78, 5) is 13.5. The Kier molecular flexibility index (Phi) is 5.23. The van der Waals surface area contributed by atoms with Crippen molar-refractivity contribution < 1.29 is 9.18 Å². The van der Waals surface area contributed by atoms with E-state index in [1.165, 1.54) is 22.6 Å². The highest BCUT2D eigenvalue weighted by molar-refractivity contribution is 6.31. The van der Waals surface area contributed by atoms with E-state index in [2.05, 4.69) is 30.4 Å². The Bertz CT molecular complexity index is 1040. The maximum absolute atomic E-state index is 13.5. The van der Waals surface area contributed by atoms with Crippen molar-refractivity contribution in [3.8, 4) is 0 Å². The molecular formula is C23H22ClFN2O. The second-order valence-electron chi connectivity index (χ2n) is 7.31. The van der Waals surface area contributed by atoms with Gasteiger partial charge < -0.3 is 10.2 Å². The van der Waals surface area contributed by atoms with E-state index in [4.69, 9.17) is 11.6 Å². The molecular weight excluding hydrogens is 375 g/mol. The number of benzene rings is 3. The number of amides is 1. The molecule has 1 aliphatic rings. The topological polar surface area (TPSA) is 32.3 Å². The maximum atomic E-state index is 13.5. The minimum Gasteiger partial charge on any atom is -0.355 e. The molecule has 1 atom stereocenters. The number of hydrogen-bond acceptors (Lipinski definition) is 2. The van der Waals surface area contributed by atoms with Gasteiger partial charge in [0, 0.05) is 23.3 Å². The monoisotopic (exact) mass is 396 g/mol. The normalized spacial score (nSPS) is 17.0. The smallest absolute Gasteiger partial charge is 0.210 e. The van der Waals surface area contributed by atoms with Gasteiger partial charge >= 0.3 is 0 Å². The molecule has 28 heavy (non-hydrogen) atoms. The third kappa shape index (κ3) is 3.45. The summed E-state index contributed by atoms with van der Waals surface area (Å²) in [6.07, 6.45) is 4.12. The van der Waals surface area contributed by atoms with Crippen molar-refractivity contribution in [2.24, 2.45) is 0 Å². The Labute approximate surface area is 169 Å². The van der Waals surface area contributed by atoms with Crippen molar-refractivity contribution in [1.82, 2.24) is 4.90 Å². The van der Waals surface area contributed by atoms with Gasteiger partial charge in [0.15, 0.2) is 0 Å². The van der Waals surface area contributed by atoms with E-state index >= 15 is 0 Å². The van der Waals surface area contributed by atoms with E-state index in [0.29, 0.717) is 0 Å². The Morgan fingerprint density at radius 1 is 1.18 bits per heavy atom. The molecule has 5 heteroatoms. The number of likely N-dealkylation sites (tertiary alicyclic amines) is 1. The molecule has 0 aliphatic carbocycles. The molecule has 1 saturated heterocycles. The van der Waals surface area contributed by atoms with Gasteiger partial charge in [-0.1, -0.05) is 35.9 Å². The maximum Gasteiger partial charge on any atom is 0.210 e. The molecule has 1 amide bonds. The molecule has 1 heterocycles. The molecule has 0 radical (unpaired) electrons. The number of hydrogen-bond donors (Lipinski definition) is 1. The first-order valence-electron chi connectivity index (χ1n) is 9.54. The Hall–Kier alpha value is -2.59. The molecule has 0 aromatic heterocycles. The lowest BCUT2D eigenvalue weighted by Gasteiger charge is -2.34. The van der Waals surface area contributed by atoms with Crippen molar-refractivity contribution in [1.29, 1.82) is 0 Å². The second-order valence-corrected chi connectivity index (χ2v) is 7.72. The lowest BCUT2D eigenvalue weighted by atomic mass is 9.89. The van der Waals surface area contributed by atoms with E-state index in [0.717, 1.165) is 49.0 Å².